The Morgan fingerprint density at radius 2 is 1.90 bits per heavy atom. The number of ether oxygens (including phenoxy) is 1. The second-order valence-electron chi connectivity index (χ2n) is 7.50. The van der Waals surface area contributed by atoms with E-state index in [1.807, 2.05) is 31.2 Å². The predicted molar refractivity (Wildman–Crippen MR) is 84.3 cm³/mol. The van der Waals surface area contributed by atoms with E-state index in [1.165, 1.54) is 12.0 Å². The Morgan fingerprint density at radius 1 is 1.24 bits per heavy atom. The van der Waals surface area contributed by atoms with Gasteiger partial charge in [-0.25, -0.2) is 4.79 Å². The largest absolute Gasteiger partial charge is 0.445 e. The van der Waals surface area contributed by atoms with Crippen molar-refractivity contribution in [2.75, 3.05) is 5.32 Å². The van der Waals surface area contributed by atoms with Crippen molar-refractivity contribution in [2.45, 2.75) is 53.1 Å². The number of rotatable bonds is 2. The molecule has 3 nitrogen and oxygen atoms in total. The summed E-state index contributed by atoms with van der Waals surface area (Å²) in [5.74, 6) is 0.680. The van der Waals surface area contributed by atoms with Crippen LogP contribution in [-0.4, -0.2) is 12.2 Å². The van der Waals surface area contributed by atoms with E-state index in [-0.39, 0.29) is 23.0 Å². The van der Waals surface area contributed by atoms with Gasteiger partial charge in [-0.1, -0.05) is 38.5 Å². The average Bonchev–Trinajstić information content (AvgIpc) is 2.74. The van der Waals surface area contributed by atoms with Gasteiger partial charge in [0.05, 0.1) is 0 Å². The van der Waals surface area contributed by atoms with Crippen molar-refractivity contribution in [3.8, 4) is 0 Å². The summed E-state index contributed by atoms with van der Waals surface area (Å²) < 4.78 is 5.77. The molecule has 2 aliphatic carbocycles. The van der Waals surface area contributed by atoms with E-state index in [2.05, 4.69) is 26.1 Å². The molecule has 2 aliphatic rings. The highest BCUT2D eigenvalue weighted by Crippen LogP contribution is 2.66. The maximum atomic E-state index is 12.1. The minimum atomic E-state index is -0.326. The van der Waals surface area contributed by atoms with E-state index < -0.39 is 0 Å². The van der Waals surface area contributed by atoms with Crippen molar-refractivity contribution in [3.63, 3.8) is 0 Å². The standard InChI is InChI=1S/C18H25NO2/c1-12-5-7-14(8-6-12)19-16(20)21-15-11-13-9-10-18(15,4)17(13,2)3/h5-8,13,15H,9-11H2,1-4H3,(H,19,20)/t13-,15+,18+/m1/s1. The van der Waals surface area contributed by atoms with Crippen LogP contribution in [0.15, 0.2) is 24.3 Å². The van der Waals surface area contributed by atoms with Gasteiger partial charge in [-0.05, 0) is 49.7 Å². The summed E-state index contributed by atoms with van der Waals surface area (Å²) in [6.07, 6.45) is 3.14. The number of hydrogen-bond acceptors (Lipinski definition) is 2. The van der Waals surface area contributed by atoms with Crippen LogP contribution in [0.1, 0.15) is 45.6 Å². The summed E-state index contributed by atoms with van der Waals surface area (Å²) in [6, 6.07) is 7.78. The summed E-state index contributed by atoms with van der Waals surface area (Å²) in [6.45, 7) is 8.96. The quantitative estimate of drug-likeness (QED) is 0.851. The van der Waals surface area contributed by atoms with Gasteiger partial charge < -0.3 is 4.74 Å². The van der Waals surface area contributed by atoms with Crippen molar-refractivity contribution >= 4 is 11.8 Å². The second kappa shape index (κ2) is 4.75. The number of carbonyl (C=O) groups excluding carboxylic acids is 1. The fourth-order valence-corrected chi connectivity index (χ4v) is 4.22. The van der Waals surface area contributed by atoms with Crippen molar-refractivity contribution in [3.05, 3.63) is 29.8 Å². The van der Waals surface area contributed by atoms with Crippen LogP contribution in [0.4, 0.5) is 10.5 Å². The fraction of sp³-hybridized carbons (Fsp3) is 0.611. The van der Waals surface area contributed by atoms with Crippen molar-refractivity contribution < 1.29 is 9.53 Å². The van der Waals surface area contributed by atoms with E-state index in [1.54, 1.807) is 0 Å². The minimum Gasteiger partial charge on any atom is -0.445 e. The van der Waals surface area contributed by atoms with E-state index in [9.17, 15) is 4.79 Å². The third-order valence-corrected chi connectivity index (χ3v) is 6.26. The van der Waals surface area contributed by atoms with Gasteiger partial charge >= 0.3 is 6.09 Å². The van der Waals surface area contributed by atoms with Crippen molar-refractivity contribution in [1.29, 1.82) is 0 Å². The van der Waals surface area contributed by atoms with Crippen LogP contribution in [0.25, 0.3) is 0 Å². The number of fused-ring (bicyclic) bond motifs is 2. The lowest BCUT2D eigenvalue weighted by atomic mass is 9.70. The lowest BCUT2D eigenvalue weighted by Crippen LogP contribution is -2.39. The lowest BCUT2D eigenvalue weighted by Gasteiger charge is -2.38. The molecule has 2 bridgehead atoms. The molecular weight excluding hydrogens is 262 g/mol. The zero-order chi connectivity index (χ0) is 15.3. The molecule has 3 rings (SSSR count). The summed E-state index contributed by atoms with van der Waals surface area (Å²) in [7, 11) is 0. The molecule has 0 saturated heterocycles. The molecule has 1 aromatic rings. The maximum absolute atomic E-state index is 12.1. The Balaban J connectivity index is 1.65. The summed E-state index contributed by atoms with van der Waals surface area (Å²) in [5.41, 5.74) is 2.35. The summed E-state index contributed by atoms with van der Waals surface area (Å²) in [5, 5.41) is 2.84. The van der Waals surface area contributed by atoms with Gasteiger partial charge in [-0.2, -0.15) is 0 Å². The average molecular weight is 287 g/mol. The Bertz CT molecular complexity index is 549. The molecule has 0 radical (unpaired) electrons. The fourth-order valence-electron chi connectivity index (χ4n) is 4.22. The van der Waals surface area contributed by atoms with Gasteiger partial charge in [-0.15, -0.1) is 0 Å². The van der Waals surface area contributed by atoms with E-state index in [0.717, 1.165) is 18.5 Å². The number of hydrogen-bond donors (Lipinski definition) is 1. The smallest absolute Gasteiger partial charge is 0.411 e. The maximum Gasteiger partial charge on any atom is 0.411 e. The van der Waals surface area contributed by atoms with Gasteiger partial charge in [0.25, 0.3) is 0 Å². The molecule has 0 unspecified atom stereocenters. The second-order valence-corrected chi connectivity index (χ2v) is 7.50. The van der Waals surface area contributed by atoms with E-state index >= 15 is 0 Å². The Labute approximate surface area is 127 Å². The lowest BCUT2D eigenvalue weighted by molar-refractivity contribution is 0.00148. The van der Waals surface area contributed by atoms with Crippen LogP contribution < -0.4 is 5.32 Å². The number of amides is 1. The molecule has 2 fully saturated rings. The van der Waals surface area contributed by atoms with Crippen LogP contribution in [0.5, 0.6) is 0 Å². The zero-order valence-electron chi connectivity index (χ0n) is 13.4. The number of benzene rings is 1. The third-order valence-electron chi connectivity index (χ3n) is 6.26. The highest BCUT2D eigenvalue weighted by Gasteiger charge is 2.62. The molecule has 1 aromatic carbocycles. The summed E-state index contributed by atoms with van der Waals surface area (Å²) >= 11 is 0. The number of aryl methyl sites for hydroxylation is 1. The van der Waals surface area contributed by atoms with Crippen LogP contribution in [-0.2, 0) is 4.74 Å². The third kappa shape index (κ3) is 2.23. The monoisotopic (exact) mass is 287 g/mol. The van der Waals surface area contributed by atoms with Crippen LogP contribution in [0, 0.1) is 23.7 Å². The molecular formula is C18H25NO2. The molecule has 21 heavy (non-hydrogen) atoms. The van der Waals surface area contributed by atoms with E-state index in [0.29, 0.717) is 5.92 Å². The molecule has 0 heterocycles. The van der Waals surface area contributed by atoms with Gasteiger partial charge in [-0.3, -0.25) is 5.32 Å². The molecule has 0 spiro atoms. The molecule has 3 heteroatoms. The Kier molecular flexibility index (Phi) is 3.27. The number of nitrogens with one attached hydrogen (secondary N) is 1. The molecule has 0 aliphatic heterocycles. The molecule has 1 amide bonds. The van der Waals surface area contributed by atoms with Crippen molar-refractivity contribution in [1.82, 2.24) is 0 Å². The number of anilines is 1. The molecule has 3 atom stereocenters. The van der Waals surface area contributed by atoms with Gasteiger partial charge in [0, 0.05) is 11.1 Å². The van der Waals surface area contributed by atoms with Crippen LogP contribution in [0.3, 0.4) is 0 Å². The predicted octanol–water partition coefficient (Wildman–Crippen LogP) is 4.76. The van der Waals surface area contributed by atoms with Gasteiger partial charge in [0.15, 0.2) is 0 Å². The first-order valence-corrected chi connectivity index (χ1v) is 7.87. The van der Waals surface area contributed by atoms with E-state index in [4.69, 9.17) is 4.74 Å². The first-order valence-electron chi connectivity index (χ1n) is 7.87. The first kappa shape index (κ1) is 14.4. The van der Waals surface area contributed by atoms with Crippen LogP contribution >= 0.6 is 0 Å². The van der Waals surface area contributed by atoms with Gasteiger partial charge in [0.2, 0.25) is 0 Å². The zero-order valence-corrected chi connectivity index (χ0v) is 13.4. The first-order chi connectivity index (χ1) is 9.83. The molecule has 1 N–H and O–H groups in total. The normalized spacial score (nSPS) is 33.0. The topological polar surface area (TPSA) is 38.3 Å². The Hall–Kier alpha value is -1.51. The van der Waals surface area contributed by atoms with Crippen molar-refractivity contribution in [2.24, 2.45) is 16.7 Å². The minimum absolute atomic E-state index is 0.0386. The Morgan fingerprint density at radius 3 is 2.43 bits per heavy atom. The summed E-state index contributed by atoms with van der Waals surface area (Å²) in [4.78, 5) is 12.1. The SMILES string of the molecule is Cc1ccc(NC(=O)O[C@H]2C[C@H]3CC[C@]2(C)C3(C)C)cc1. The number of carbonyl (C=O) groups is 1. The molecule has 114 valence electrons. The molecule has 2 saturated carbocycles. The van der Waals surface area contributed by atoms with Gasteiger partial charge in [0.1, 0.15) is 6.10 Å². The van der Waals surface area contributed by atoms with Crippen LogP contribution in [0.2, 0.25) is 0 Å². The highest BCUT2D eigenvalue weighted by atomic mass is 16.6. The molecule has 0 aromatic heterocycles. The highest BCUT2D eigenvalue weighted by molar-refractivity contribution is 5.84.